The molecule has 0 aliphatic carbocycles. The molecule has 128 valence electrons. The third-order valence-electron chi connectivity index (χ3n) is 4.33. The lowest BCUT2D eigenvalue weighted by Crippen LogP contribution is -2.37. The number of hydrogen-bond acceptors (Lipinski definition) is 4. The Labute approximate surface area is 146 Å². The number of likely N-dealkylation sites (tertiary alicyclic amines) is 1. The van der Waals surface area contributed by atoms with Crippen LogP contribution in [0.25, 0.3) is 0 Å². The van der Waals surface area contributed by atoms with Crippen LogP contribution in [0, 0.1) is 0 Å². The number of benzene rings is 1. The molecule has 1 saturated heterocycles. The molecule has 0 radical (unpaired) electrons. The lowest BCUT2D eigenvalue weighted by molar-refractivity contribution is 0.0927. The van der Waals surface area contributed by atoms with Crippen LogP contribution in [0.5, 0.6) is 5.75 Å². The maximum atomic E-state index is 12.5. The number of nitrogens with one attached hydrogen (secondary N) is 1. The minimum atomic E-state index is -0.228. The highest BCUT2D eigenvalue weighted by atomic mass is 35.5. The van der Waals surface area contributed by atoms with Gasteiger partial charge in [0.2, 0.25) is 5.22 Å². The highest BCUT2D eigenvalue weighted by Gasteiger charge is 2.23. The van der Waals surface area contributed by atoms with Gasteiger partial charge in [0, 0.05) is 6.54 Å². The van der Waals surface area contributed by atoms with Gasteiger partial charge in [-0.1, -0.05) is 12.1 Å². The van der Waals surface area contributed by atoms with E-state index in [0.29, 0.717) is 5.56 Å². The van der Waals surface area contributed by atoms with Crippen LogP contribution in [0.2, 0.25) is 5.22 Å². The van der Waals surface area contributed by atoms with Crippen molar-refractivity contribution in [3.63, 3.8) is 0 Å². The maximum Gasteiger partial charge on any atom is 0.256 e. The van der Waals surface area contributed by atoms with Crippen LogP contribution in [-0.2, 0) is 0 Å². The fourth-order valence-electron chi connectivity index (χ4n) is 2.99. The molecule has 1 atom stereocenters. The van der Waals surface area contributed by atoms with E-state index in [4.69, 9.17) is 20.8 Å². The summed E-state index contributed by atoms with van der Waals surface area (Å²) in [6, 6.07) is 9.24. The number of hydrogen-bond donors (Lipinski definition) is 1. The van der Waals surface area contributed by atoms with Crippen molar-refractivity contribution in [2.75, 3.05) is 26.7 Å². The third-order valence-corrected chi connectivity index (χ3v) is 4.62. The van der Waals surface area contributed by atoms with Crippen molar-refractivity contribution in [1.82, 2.24) is 10.2 Å². The predicted octanol–water partition coefficient (Wildman–Crippen LogP) is 3.51. The molecule has 1 N–H and O–H groups in total. The van der Waals surface area contributed by atoms with Gasteiger partial charge in [0.1, 0.15) is 5.75 Å². The van der Waals surface area contributed by atoms with Gasteiger partial charge in [0.15, 0.2) is 0 Å². The van der Waals surface area contributed by atoms with Crippen molar-refractivity contribution < 1.29 is 13.9 Å². The van der Waals surface area contributed by atoms with Crippen molar-refractivity contribution >= 4 is 17.5 Å². The minimum Gasteiger partial charge on any atom is -0.497 e. The highest BCUT2D eigenvalue weighted by Crippen LogP contribution is 2.23. The van der Waals surface area contributed by atoms with Crippen LogP contribution in [0.3, 0.4) is 0 Å². The molecule has 1 amide bonds. The number of amides is 1. The minimum absolute atomic E-state index is 0.113. The summed E-state index contributed by atoms with van der Waals surface area (Å²) in [6.45, 7) is 2.90. The van der Waals surface area contributed by atoms with E-state index in [1.807, 2.05) is 24.3 Å². The Morgan fingerprint density at radius 2 is 2.00 bits per heavy atom. The van der Waals surface area contributed by atoms with Crippen LogP contribution < -0.4 is 10.1 Å². The monoisotopic (exact) mass is 348 g/mol. The van der Waals surface area contributed by atoms with Gasteiger partial charge in [-0.15, -0.1) is 0 Å². The Kier molecular flexibility index (Phi) is 5.43. The SMILES string of the molecule is COc1ccc([C@@H](CN2CCCC2)NC(=O)c2ccoc2Cl)cc1. The average molecular weight is 349 g/mol. The number of nitrogens with zero attached hydrogens (tertiary/aromatic N) is 1. The average Bonchev–Trinajstić information content (AvgIpc) is 3.26. The first-order valence-electron chi connectivity index (χ1n) is 8.07. The summed E-state index contributed by atoms with van der Waals surface area (Å²) in [5, 5.41) is 3.19. The van der Waals surface area contributed by atoms with Crippen LogP contribution >= 0.6 is 11.6 Å². The molecule has 1 aliphatic rings. The van der Waals surface area contributed by atoms with Crippen LogP contribution in [0.1, 0.15) is 34.8 Å². The smallest absolute Gasteiger partial charge is 0.256 e. The summed E-state index contributed by atoms with van der Waals surface area (Å²) in [6.07, 6.45) is 3.83. The first-order chi connectivity index (χ1) is 11.7. The highest BCUT2D eigenvalue weighted by molar-refractivity contribution is 6.32. The molecule has 2 heterocycles. The van der Waals surface area contributed by atoms with Crippen molar-refractivity contribution in [1.29, 1.82) is 0 Å². The Bertz CT molecular complexity index is 678. The molecule has 0 saturated carbocycles. The van der Waals surface area contributed by atoms with E-state index in [1.165, 1.54) is 19.1 Å². The second-order valence-corrected chi connectivity index (χ2v) is 6.26. The fraction of sp³-hybridized carbons (Fsp3) is 0.389. The van der Waals surface area contributed by atoms with Gasteiger partial charge in [0.05, 0.1) is 25.0 Å². The zero-order valence-electron chi connectivity index (χ0n) is 13.6. The van der Waals surface area contributed by atoms with E-state index >= 15 is 0 Å². The number of rotatable bonds is 6. The molecule has 6 heteroatoms. The number of carbonyl (C=O) groups is 1. The van der Waals surface area contributed by atoms with Crippen molar-refractivity contribution in [2.45, 2.75) is 18.9 Å². The number of carbonyl (C=O) groups excluding carboxylic acids is 1. The summed E-state index contributed by atoms with van der Waals surface area (Å²) in [5.74, 6) is 0.566. The molecule has 1 aliphatic heterocycles. The third kappa shape index (κ3) is 3.91. The molecule has 2 aromatic rings. The van der Waals surface area contributed by atoms with Crippen molar-refractivity contribution in [3.8, 4) is 5.75 Å². The Morgan fingerprint density at radius 1 is 1.29 bits per heavy atom. The molecular formula is C18H21ClN2O3. The topological polar surface area (TPSA) is 54.7 Å². The fourth-order valence-corrected chi connectivity index (χ4v) is 3.19. The second kappa shape index (κ2) is 7.73. The van der Waals surface area contributed by atoms with Gasteiger partial charge in [-0.2, -0.15) is 0 Å². The molecule has 0 bridgehead atoms. The van der Waals surface area contributed by atoms with Gasteiger partial charge in [-0.3, -0.25) is 4.79 Å². The first kappa shape index (κ1) is 16.9. The molecule has 1 fully saturated rings. The Hall–Kier alpha value is -1.98. The van der Waals surface area contributed by atoms with Crippen LogP contribution in [0.15, 0.2) is 41.0 Å². The molecule has 1 aromatic carbocycles. The Balaban J connectivity index is 1.77. The van der Waals surface area contributed by atoms with Gasteiger partial charge < -0.3 is 19.4 Å². The van der Waals surface area contributed by atoms with Gasteiger partial charge in [-0.05, 0) is 61.3 Å². The number of ether oxygens (including phenoxy) is 1. The summed E-state index contributed by atoms with van der Waals surface area (Å²) in [7, 11) is 1.64. The van der Waals surface area contributed by atoms with Crippen LogP contribution in [0.4, 0.5) is 0 Å². The second-order valence-electron chi connectivity index (χ2n) is 5.91. The first-order valence-corrected chi connectivity index (χ1v) is 8.45. The summed E-state index contributed by atoms with van der Waals surface area (Å²) < 4.78 is 10.2. The van der Waals surface area contributed by atoms with E-state index < -0.39 is 0 Å². The molecule has 1 aromatic heterocycles. The summed E-state index contributed by atoms with van der Waals surface area (Å²) >= 11 is 5.92. The maximum absolute atomic E-state index is 12.5. The standard InChI is InChI=1S/C18H21ClN2O3/c1-23-14-6-4-13(5-7-14)16(12-21-9-2-3-10-21)20-18(22)15-8-11-24-17(15)19/h4-8,11,16H,2-3,9-10,12H2,1H3,(H,20,22)/t16-/m1/s1. The molecule has 24 heavy (non-hydrogen) atoms. The number of halogens is 1. The molecule has 5 nitrogen and oxygen atoms in total. The van der Waals surface area contributed by atoms with E-state index in [2.05, 4.69) is 10.2 Å². The molecular weight excluding hydrogens is 328 g/mol. The van der Waals surface area contributed by atoms with Crippen molar-refractivity contribution in [2.24, 2.45) is 0 Å². The molecule has 0 spiro atoms. The van der Waals surface area contributed by atoms with E-state index in [9.17, 15) is 4.79 Å². The van der Waals surface area contributed by atoms with Gasteiger partial charge in [0.25, 0.3) is 5.91 Å². The largest absolute Gasteiger partial charge is 0.497 e. The number of furan rings is 1. The quantitative estimate of drug-likeness (QED) is 0.868. The van der Waals surface area contributed by atoms with E-state index in [1.54, 1.807) is 13.2 Å². The number of methoxy groups -OCH3 is 1. The summed E-state index contributed by atoms with van der Waals surface area (Å²) in [5.41, 5.74) is 1.40. The molecule has 3 rings (SSSR count). The summed E-state index contributed by atoms with van der Waals surface area (Å²) in [4.78, 5) is 14.9. The van der Waals surface area contributed by atoms with E-state index in [-0.39, 0.29) is 17.2 Å². The zero-order valence-corrected chi connectivity index (χ0v) is 14.4. The van der Waals surface area contributed by atoms with Crippen LogP contribution in [-0.4, -0.2) is 37.6 Å². The Morgan fingerprint density at radius 3 is 2.58 bits per heavy atom. The molecule has 0 unspecified atom stereocenters. The van der Waals surface area contributed by atoms with Crippen molar-refractivity contribution in [3.05, 3.63) is 52.9 Å². The van der Waals surface area contributed by atoms with Gasteiger partial charge in [-0.25, -0.2) is 0 Å². The lowest BCUT2D eigenvalue weighted by Gasteiger charge is -2.25. The normalized spacial score (nSPS) is 16.1. The van der Waals surface area contributed by atoms with E-state index in [0.717, 1.165) is 30.9 Å². The van der Waals surface area contributed by atoms with Gasteiger partial charge >= 0.3 is 0 Å². The predicted molar refractivity (Wildman–Crippen MR) is 92.6 cm³/mol. The lowest BCUT2D eigenvalue weighted by atomic mass is 10.1. The zero-order chi connectivity index (χ0) is 16.9.